The van der Waals surface area contributed by atoms with Gasteiger partial charge in [0.1, 0.15) is 0 Å². The van der Waals surface area contributed by atoms with Crippen LogP contribution in [-0.2, 0) is 6.54 Å². The van der Waals surface area contributed by atoms with E-state index in [2.05, 4.69) is 35.9 Å². The van der Waals surface area contributed by atoms with Gasteiger partial charge in [-0.2, -0.15) is 0 Å². The standard InChI is InChI=1S/C14H21N3/c1-14(2)8-9-17(11-14)13(15)16-10-12-6-4-3-5-7-12/h3-7H,8-11H2,1-2H3,(H2,15,16). The van der Waals surface area contributed by atoms with Crippen LogP contribution in [-0.4, -0.2) is 23.9 Å². The van der Waals surface area contributed by atoms with E-state index in [1.165, 1.54) is 12.0 Å². The second-order valence-electron chi connectivity index (χ2n) is 5.50. The third-order valence-corrected chi connectivity index (χ3v) is 3.27. The van der Waals surface area contributed by atoms with Gasteiger partial charge in [-0.3, -0.25) is 0 Å². The Labute approximate surface area is 103 Å². The lowest BCUT2D eigenvalue weighted by Crippen LogP contribution is -2.36. The fraction of sp³-hybridized carbons (Fsp3) is 0.500. The Kier molecular flexibility index (Phi) is 3.36. The van der Waals surface area contributed by atoms with Crippen LogP contribution < -0.4 is 5.73 Å². The maximum absolute atomic E-state index is 6.02. The zero-order chi connectivity index (χ0) is 12.3. The van der Waals surface area contributed by atoms with Crippen molar-refractivity contribution in [3.63, 3.8) is 0 Å². The highest BCUT2D eigenvalue weighted by atomic mass is 15.3. The average molecular weight is 231 g/mol. The lowest BCUT2D eigenvalue weighted by Gasteiger charge is -2.20. The first-order valence-corrected chi connectivity index (χ1v) is 6.16. The SMILES string of the molecule is CC1(C)CCN(C(N)=NCc2ccccc2)C1. The van der Waals surface area contributed by atoms with Crippen LogP contribution in [0.3, 0.4) is 0 Å². The van der Waals surface area contributed by atoms with Gasteiger partial charge in [-0.1, -0.05) is 44.2 Å². The molecule has 0 atom stereocenters. The quantitative estimate of drug-likeness (QED) is 0.626. The number of benzene rings is 1. The third kappa shape index (κ3) is 3.22. The summed E-state index contributed by atoms with van der Waals surface area (Å²) < 4.78 is 0. The van der Waals surface area contributed by atoms with Gasteiger partial charge in [0.2, 0.25) is 0 Å². The first-order chi connectivity index (χ1) is 8.07. The van der Waals surface area contributed by atoms with Crippen molar-refractivity contribution < 1.29 is 0 Å². The molecular weight excluding hydrogens is 210 g/mol. The molecule has 0 aliphatic carbocycles. The Balaban J connectivity index is 1.94. The van der Waals surface area contributed by atoms with E-state index >= 15 is 0 Å². The molecule has 1 aliphatic heterocycles. The van der Waals surface area contributed by atoms with E-state index in [4.69, 9.17) is 5.73 Å². The minimum absolute atomic E-state index is 0.368. The van der Waals surface area contributed by atoms with Crippen molar-refractivity contribution in [2.45, 2.75) is 26.8 Å². The Hall–Kier alpha value is -1.51. The van der Waals surface area contributed by atoms with Gasteiger partial charge in [0.25, 0.3) is 0 Å². The van der Waals surface area contributed by atoms with Crippen LogP contribution in [0.15, 0.2) is 35.3 Å². The molecule has 0 unspecified atom stereocenters. The lowest BCUT2D eigenvalue weighted by molar-refractivity contribution is 0.373. The molecule has 0 radical (unpaired) electrons. The van der Waals surface area contributed by atoms with E-state index in [1.54, 1.807) is 0 Å². The molecule has 3 heteroatoms. The van der Waals surface area contributed by atoms with Crippen molar-refractivity contribution >= 4 is 5.96 Å². The Morgan fingerprint density at radius 2 is 2.06 bits per heavy atom. The number of rotatable bonds is 2. The van der Waals surface area contributed by atoms with Crippen molar-refractivity contribution in [3.05, 3.63) is 35.9 Å². The Morgan fingerprint density at radius 1 is 1.35 bits per heavy atom. The molecule has 1 aromatic rings. The van der Waals surface area contributed by atoms with Gasteiger partial charge in [-0.05, 0) is 17.4 Å². The van der Waals surface area contributed by atoms with E-state index in [0.29, 0.717) is 17.9 Å². The zero-order valence-electron chi connectivity index (χ0n) is 10.7. The number of guanidine groups is 1. The highest BCUT2D eigenvalue weighted by Gasteiger charge is 2.29. The number of likely N-dealkylation sites (tertiary alicyclic amines) is 1. The molecule has 2 rings (SSSR count). The molecule has 1 aliphatic rings. The first kappa shape index (κ1) is 12.0. The number of hydrogen-bond donors (Lipinski definition) is 1. The number of nitrogens with zero attached hydrogens (tertiary/aromatic N) is 2. The zero-order valence-corrected chi connectivity index (χ0v) is 10.7. The molecule has 17 heavy (non-hydrogen) atoms. The van der Waals surface area contributed by atoms with Crippen molar-refractivity contribution in [1.82, 2.24) is 4.90 Å². The molecular formula is C14H21N3. The topological polar surface area (TPSA) is 41.6 Å². The first-order valence-electron chi connectivity index (χ1n) is 6.16. The summed E-state index contributed by atoms with van der Waals surface area (Å²) in [5, 5.41) is 0. The molecule has 2 N–H and O–H groups in total. The average Bonchev–Trinajstić information content (AvgIpc) is 2.68. The molecule has 0 aromatic heterocycles. The summed E-state index contributed by atoms with van der Waals surface area (Å²) in [7, 11) is 0. The van der Waals surface area contributed by atoms with Gasteiger partial charge in [-0.25, -0.2) is 4.99 Å². The summed E-state index contributed by atoms with van der Waals surface area (Å²) >= 11 is 0. The third-order valence-electron chi connectivity index (χ3n) is 3.27. The molecule has 1 aromatic carbocycles. The molecule has 0 amide bonds. The minimum atomic E-state index is 0.368. The maximum atomic E-state index is 6.02. The van der Waals surface area contributed by atoms with Crippen molar-refractivity contribution in [3.8, 4) is 0 Å². The molecule has 0 spiro atoms. The lowest BCUT2D eigenvalue weighted by atomic mass is 9.93. The minimum Gasteiger partial charge on any atom is -0.370 e. The highest BCUT2D eigenvalue weighted by molar-refractivity contribution is 5.78. The molecule has 0 saturated carbocycles. The van der Waals surface area contributed by atoms with Crippen LogP contribution in [0.4, 0.5) is 0 Å². The van der Waals surface area contributed by atoms with E-state index < -0.39 is 0 Å². The molecule has 1 fully saturated rings. The summed E-state index contributed by atoms with van der Waals surface area (Å²) in [5.74, 6) is 0.680. The highest BCUT2D eigenvalue weighted by Crippen LogP contribution is 2.28. The molecule has 92 valence electrons. The van der Waals surface area contributed by atoms with E-state index in [1.807, 2.05) is 18.2 Å². The van der Waals surface area contributed by atoms with Crippen LogP contribution in [0.1, 0.15) is 25.8 Å². The number of aliphatic imine (C=N–C) groups is 1. The fourth-order valence-electron chi connectivity index (χ4n) is 2.16. The molecule has 3 nitrogen and oxygen atoms in total. The van der Waals surface area contributed by atoms with Gasteiger partial charge in [0, 0.05) is 13.1 Å². The van der Waals surface area contributed by atoms with Crippen molar-refractivity contribution in [2.75, 3.05) is 13.1 Å². The van der Waals surface area contributed by atoms with Crippen molar-refractivity contribution in [2.24, 2.45) is 16.1 Å². The van der Waals surface area contributed by atoms with Crippen LogP contribution in [0.25, 0.3) is 0 Å². The summed E-state index contributed by atoms with van der Waals surface area (Å²) in [4.78, 5) is 6.65. The molecule has 1 heterocycles. The van der Waals surface area contributed by atoms with Gasteiger partial charge in [-0.15, -0.1) is 0 Å². The summed E-state index contributed by atoms with van der Waals surface area (Å²) in [6, 6.07) is 10.2. The van der Waals surface area contributed by atoms with Crippen LogP contribution in [0, 0.1) is 5.41 Å². The van der Waals surface area contributed by atoms with Crippen LogP contribution in [0.5, 0.6) is 0 Å². The summed E-state index contributed by atoms with van der Waals surface area (Å²) in [5.41, 5.74) is 7.59. The largest absolute Gasteiger partial charge is 0.370 e. The van der Waals surface area contributed by atoms with Crippen LogP contribution >= 0.6 is 0 Å². The van der Waals surface area contributed by atoms with E-state index in [0.717, 1.165) is 13.1 Å². The van der Waals surface area contributed by atoms with Gasteiger partial charge in [0.05, 0.1) is 6.54 Å². The van der Waals surface area contributed by atoms with Crippen LogP contribution in [0.2, 0.25) is 0 Å². The van der Waals surface area contributed by atoms with Crippen molar-refractivity contribution in [1.29, 1.82) is 0 Å². The van der Waals surface area contributed by atoms with E-state index in [9.17, 15) is 0 Å². The summed E-state index contributed by atoms with van der Waals surface area (Å²) in [6.45, 7) is 7.26. The second kappa shape index (κ2) is 4.78. The predicted molar refractivity (Wildman–Crippen MR) is 71.7 cm³/mol. The number of hydrogen-bond acceptors (Lipinski definition) is 1. The van der Waals surface area contributed by atoms with E-state index in [-0.39, 0.29) is 0 Å². The van der Waals surface area contributed by atoms with Gasteiger partial charge in [0.15, 0.2) is 5.96 Å². The second-order valence-corrected chi connectivity index (χ2v) is 5.50. The maximum Gasteiger partial charge on any atom is 0.191 e. The molecule has 0 bridgehead atoms. The Morgan fingerprint density at radius 3 is 2.65 bits per heavy atom. The van der Waals surface area contributed by atoms with Gasteiger partial charge < -0.3 is 10.6 Å². The number of nitrogens with two attached hydrogens (primary N) is 1. The fourth-order valence-corrected chi connectivity index (χ4v) is 2.16. The monoisotopic (exact) mass is 231 g/mol. The predicted octanol–water partition coefficient (Wildman–Crippen LogP) is 2.23. The van der Waals surface area contributed by atoms with Gasteiger partial charge >= 0.3 is 0 Å². The smallest absolute Gasteiger partial charge is 0.191 e. The molecule has 1 saturated heterocycles. The summed E-state index contributed by atoms with van der Waals surface area (Å²) in [6.07, 6.45) is 1.19. The normalized spacial score (nSPS) is 19.6. The Bertz CT molecular complexity index is 395.